The Labute approximate surface area is 138 Å². The highest BCUT2D eigenvalue weighted by molar-refractivity contribution is 5.86. The van der Waals surface area contributed by atoms with Crippen molar-refractivity contribution in [1.29, 1.82) is 0 Å². The number of amides is 1. The van der Waals surface area contributed by atoms with Gasteiger partial charge in [-0.15, -0.1) is 0 Å². The van der Waals surface area contributed by atoms with Gasteiger partial charge in [-0.2, -0.15) is 0 Å². The van der Waals surface area contributed by atoms with Gasteiger partial charge >= 0.3 is 0 Å². The van der Waals surface area contributed by atoms with E-state index in [4.69, 9.17) is 10.2 Å². The van der Waals surface area contributed by atoms with Gasteiger partial charge in [-0.25, -0.2) is 8.78 Å². The lowest BCUT2D eigenvalue weighted by Gasteiger charge is -2.39. The highest BCUT2D eigenvalue weighted by Crippen LogP contribution is 2.25. The van der Waals surface area contributed by atoms with Crippen LogP contribution in [0.25, 0.3) is 0 Å². The number of carbonyl (C=O) groups excluding carboxylic acids is 1. The topological polar surface area (TPSA) is 93.0 Å². The van der Waals surface area contributed by atoms with Crippen LogP contribution in [0.2, 0.25) is 0 Å². The van der Waals surface area contributed by atoms with Gasteiger partial charge in [0.2, 0.25) is 0 Å². The van der Waals surface area contributed by atoms with Crippen LogP contribution < -0.4 is 5.32 Å². The number of nitrogens with one attached hydrogen (secondary N) is 1. The van der Waals surface area contributed by atoms with Gasteiger partial charge in [0.1, 0.15) is 0 Å². The molecule has 1 saturated heterocycles. The van der Waals surface area contributed by atoms with E-state index in [0.29, 0.717) is 13.0 Å². The van der Waals surface area contributed by atoms with Gasteiger partial charge in [0.15, 0.2) is 17.2 Å². The molecule has 24 heavy (non-hydrogen) atoms. The minimum Gasteiger partial charge on any atom is -0.395 e. The van der Waals surface area contributed by atoms with Crippen LogP contribution in [0, 0.1) is 11.6 Å². The number of nitrogens with zero attached hydrogens (tertiary/aromatic N) is 1. The zero-order valence-electron chi connectivity index (χ0n) is 13.2. The molecule has 1 heterocycles. The number of likely N-dealkylation sites (tertiary alicyclic amines) is 1. The van der Waals surface area contributed by atoms with E-state index in [1.165, 1.54) is 17.0 Å². The second-order valence-electron chi connectivity index (χ2n) is 6.02. The number of benzene rings is 1. The van der Waals surface area contributed by atoms with Crippen molar-refractivity contribution in [3.05, 3.63) is 35.4 Å². The maximum absolute atomic E-state index is 13.8. The lowest BCUT2D eigenvalue weighted by Crippen LogP contribution is -2.59. The van der Waals surface area contributed by atoms with E-state index in [-0.39, 0.29) is 38.3 Å². The van der Waals surface area contributed by atoms with Crippen molar-refractivity contribution in [2.24, 2.45) is 0 Å². The van der Waals surface area contributed by atoms with Crippen LogP contribution in [-0.2, 0) is 11.3 Å². The molecule has 1 unspecified atom stereocenters. The number of rotatable bonds is 7. The number of piperidine rings is 1. The Kier molecular flexibility index (Phi) is 6.22. The summed E-state index contributed by atoms with van der Waals surface area (Å²) in [7, 11) is 0. The largest absolute Gasteiger partial charge is 0.395 e. The predicted molar refractivity (Wildman–Crippen MR) is 81.9 cm³/mol. The first-order valence-corrected chi connectivity index (χ1v) is 7.81. The molecule has 0 radical (unpaired) electrons. The molecule has 0 aromatic heterocycles. The van der Waals surface area contributed by atoms with Gasteiger partial charge in [-0.3, -0.25) is 4.79 Å². The molecule has 2 rings (SSSR count). The summed E-state index contributed by atoms with van der Waals surface area (Å²) in [5.41, 5.74) is -1.66. The van der Waals surface area contributed by atoms with E-state index in [2.05, 4.69) is 5.32 Å². The number of carbonyl (C=O) groups is 1. The van der Waals surface area contributed by atoms with Crippen LogP contribution in [0.15, 0.2) is 18.2 Å². The van der Waals surface area contributed by atoms with E-state index in [9.17, 15) is 18.7 Å². The lowest BCUT2D eigenvalue weighted by atomic mass is 9.91. The number of aliphatic hydroxyl groups is 3. The van der Waals surface area contributed by atoms with Gasteiger partial charge in [0, 0.05) is 25.2 Å². The quantitative estimate of drug-likeness (QED) is 0.548. The summed E-state index contributed by atoms with van der Waals surface area (Å²) in [5, 5.41) is 31.4. The molecule has 1 aromatic rings. The second-order valence-corrected chi connectivity index (χ2v) is 6.02. The highest BCUT2D eigenvalue weighted by Gasteiger charge is 2.42. The van der Waals surface area contributed by atoms with Crippen LogP contribution in [-0.4, -0.2) is 64.1 Å². The monoisotopic (exact) mass is 344 g/mol. The third-order valence-electron chi connectivity index (χ3n) is 4.22. The summed E-state index contributed by atoms with van der Waals surface area (Å²) >= 11 is 0. The van der Waals surface area contributed by atoms with Crippen molar-refractivity contribution in [2.45, 2.75) is 31.0 Å². The fraction of sp³-hybridized carbons (Fsp3) is 0.562. The zero-order chi connectivity index (χ0) is 17.7. The molecule has 134 valence electrons. The molecule has 0 aliphatic carbocycles. The van der Waals surface area contributed by atoms with Crippen molar-refractivity contribution in [2.75, 3.05) is 26.3 Å². The SMILES string of the molecule is O=C1N(Cc2cccc(F)c2F)CCCC1(O)CNC(CO)CO. The zero-order valence-corrected chi connectivity index (χ0v) is 13.2. The Morgan fingerprint density at radius 1 is 1.29 bits per heavy atom. The van der Waals surface area contributed by atoms with E-state index in [1.807, 2.05) is 0 Å². The maximum atomic E-state index is 13.8. The molecule has 1 amide bonds. The molecule has 0 bridgehead atoms. The summed E-state index contributed by atoms with van der Waals surface area (Å²) < 4.78 is 27.1. The molecule has 0 saturated carbocycles. The molecule has 1 atom stereocenters. The molecule has 1 aliphatic rings. The number of hydrogen-bond acceptors (Lipinski definition) is 5. The summed E-state index contributed by atoms with van der Waals surface area (Å²) in [6, 6.07) is 3.12. The van der Waals surface area contributed by atoms with E-state index in [1.54, 1.807) is 0 Å². The molecule has 8 heteroatoms. The molecule has 1 aliphatic heterocycles. The fourth-order valence-electron chi connectivity index (χ4n) is 2.76. The van der Waals surface area contributed by atoms with E-state index >= 15 is 0 Å². The van der Waals surface area contributed by atoms with Gasteiger partial charge < -0.3 is 25.5 Å². The molecule has 6 nitrogen and oxygen atoms in total. The molecular formula is C16H22F2N2O4. The molecule has 0 spiro atoms. The van der Waals surface area contributed by atoms with Gasteiger partial charge in [-0.1, -0.05) is 12.1 Å². The third kappa shape index (κ3) is 4.07. The minimum absolute atomic E-state index is 0.0455. The van der Waals surface area contributed by atoms with Crippen LogP contribution in [0.3, 0.4) is 0 Å². The first kappa shape index (κ1) is 18.7. The summed E-state index contributed by atoms with van der Waals surface area (Å²) in [6.45, 7) is -0.605. The maximum Gasteiger partial charge on any atom is 0.256 e. The van der Waals surface area contributed by atoms with Gasteiger partial charge in [0.25, 0.3) is 5.91 Å². The average Bonchev–Trinajstić information content (AvgIpc) is 2.57. The van der Waals surface area contributed by atoms with Crippen molar-refractivity contribution >= 4 is 5.91 Å². The second kappa shape index (κ2) is 7.98. The van der Waals surface area contributed by atoms with Crippen LogP contribution in [0.1, 0.15) is 18.4 Å². The smallest absolute Gasteiger partial charge is 0.256 e. The average molecular weight is 344 g/mol. The Morgan fingerprint density at radius 3 is 2.67 bits per heavy atom. The molecular weight excluding hydrogens is 322 g/mol. The molecule has 4 N–H and O–H groups in total. The van der Waals surface area contributed by atoms with Crippen LogP contribution in [0.4, 0.5) is 8.78 Å². The van der Waals surface area contributed by atoms with Crippen molar-refractivity contribution < 1.29 is 28.9 Å². The number of aliphatic hydroxyl groups excluding tert-OH is 2. The third-order valence-corrected chi connectivity index (χ3v) is 4.22. The first-order chi connectivity index (χ1) is 11.4. The highest BCUT2D eigenvalue weighted by atomic mass is 19.2. The van der Waals surface area contributed by atoms with E-state index in [0.717, 1.165) is 6.07 Å². The Hall–Kier alpha value is -1.61. The number of hydrogen-bond donors (Lipinski definition) is 4. The Morgan fingerprint density at radius 2 is 2.00 bits per heavy atom. The first-order valence-electron chi connectivity index (χ1n) is 7.81. The molecule has 1 aromatic carbocycles. The predicted octanol–water partition coefficient (Wildman–Crippen LogP) is -0.239. The summed E-state index contributed by atoms with van der Waals surface area (Å²) in [6.07, 6.45) is 0.717. The van der Waals surface area contributed by atoms with Gasteiger partial charge in [-0.05, 0) is 18.9 Å². The van der Waals surface area contributed by atoms with Crippen molar-refractivity contribution in [3.63, 3.8) is 0 Å². The summed E-state index contributed by atoms with van der Waals surface area (Å²) in [5.74, 6) is -2.57. The minimum atomic E-state index is -1.70. The van der Waals surface area contributed by atoms with Crippen molar-refractivity contribution in [3.8, 4) is 0 Å². The van der Waals surface area contributed by atoms with E-state index < -0.39 is 29.2 Å². The lowest BCUT2D eigenvalue weighted by molar-refractivity contribution is -0.157. The molecule has 1 fully saturated rings. The number of halogens is 2. The standard InChI is InChI=1S/C16H22F2N2O4/c17-13-4-1-3-11(14(13)18)7-20-6-2-5-16(24,15(20)23)10-19-12(8-21)9-22/h1,3-4,12,19,21-22,24H,2,5-10H2. The van der Waals surface area contributed by atoms with Crippen molar-refractivity contribution in [1.82, 2.24) is 10.2 Å². The van der Waals surface area contributed by atoms with Gasteiger partial charge in [0.05, 0.1) is 19.3 Å². The normalized spacial score (nSPS) is 21.6. The summed E-state index contributed by atoms with van der Waals surface area (Å²) in [4.78, 5) is 13.8. The van der Waals surface area contributed by atoms with Crippen LogP contribution in [0.5, 0.6) is 0 Å². The Bertz CT molecular complexity index is 583. The van der Waals surface area contributed by atoms with Crippen LogP contribution >= 0.6 is 0 Å². The Balaban J connectivity index is 2.07. The fourth-order valence-corrected chi connectivity index (χ4v) is 2.76.